The molecule has 0 spiro atoms. The van der Waals surface area contributed by atoms with Gasteiger partial charge in [0.25, 0.3) is 0 Å². The second-order valence-corrected chi connectivity index (χ2v) is 4.41. The Bertz CT molecular complexity index is 367. The number of hydrogen-bond acceptors (Lipinski definition) is 3. The summed E-state index contributed by atoms with van der Waals surface area (Å²) in [4.78, 5) is 10.5. The molecule has 0 aliphatic carbocycles. The summed E-state index contributed by atoms with van der Waals surface area (Å²) in [6.07, 6.45) is 1.92. The summed E-state index contributed by atoms with van der Waals surface area (Å²) < 4.78 is 0. The molecule has 0 radical (unpaired) electrons. The third-order valence-corrected chi connectivity index (χ3v) is 3.15. The number of carbonyl (C=O) groups is 1. The van der Waals surface area contributed by atoms with Gasteiger partial charge in [0.15, 0.2) is 0 Å². The average molecular weight is 234 g/mol. The molecule has 2 atom stereocenters. The Labute approximate surface area is 101 Å². The number of aliphatic carboxylic acids is 1. The number of carboxylic acids is 1. The quantitative estimate of drug-likeness (QED) is 0.731. The van der Waals surface area contributed by atoms with Crippen LogP contribution in [0.1, 0.15) is 24.4 Å². The lowest BCUT2D eigenvalue weighted by molar-refractivity contribution is -0.136. The highest BCUT2D eigenvalue weighted by Gasteiger charge is 2.22. The zero-order valence-corrected chi connectivity index (χ0v) is 9.73. The maximum absolute atomic E-state index is 10.5. The van der Waals surface area contributed by atoms with Crippen molar-refractivity contribution in [1.82, 2.24) is 10.6 Å². The van der Waals surface area contributed by atoms with Crippen molar-refractivity contribution in [2.24, 2.45) is 0 Å². The van der Waals surface area contributed by atoms with E-state index in [4.69, 9.17) is 5.11 Å². The molecular weight excluding hydrogens is 216 g/mol. The molecule has 1 aliphatic heterocycles. The van der Waals surface area contributed by atoms with Crippen LogP contribution in [0.3, 0.4) is 0 Å². The van der Waals surface area contributed by atoms with Gasteiger partial charge < -0.3 is 15.7 Å². The van der Waals surface area contributed by atoms with Crippen LogP contribution in [0.15, 0.2) is 30.3 Å². The Balaban J connectivity index is 1.91. The molecule has 3 N–H and O–H groups in total. The molecule has 1 aromatic rings. The van der Waals surface area contributed by atoms with Crippen molar-refractivity contribution in [2.45, 2.75) is 24.9 Å². The molecular formula is C13H18N2O2. The highest BCUT2D eigenvalue weighted by molar-refractivity contribution is 5.69. The Morgan fingerprint density at radius 2 is 2.18 bits per heavy atom. The molecule has 0 amide bonds. The van der Waals surface area contributed by atoms with E-state index in [9.17, 15) is 4.79 Å². The van der Waals surface area contributed by atoms with E-state index in [1.165, 1.54) is 5.56 Å². The summed E-state index contributed by atoms with van der Waals surface area (Å²) in [5.74, 6) is -0.792. The van der Waals surface area contributed by atoms with Crippen molar-refractivity contribution in [3.63, 3.8) is 0 Å². The maximum atomic E-state index is 10.5. The van der Waals surface area contributed by atoms with E-state index in [2.05, 4.69) is 22.8 Å². The Morgan fingerprint density at radius 1 is 1.41 bits per heavy atom. The number of benzene rings is 1. The fraction of sp³-hybridized carbons (Fsp3) is 0.462. The van der Waals surface area contributed by atoms with Crippen molar-refractivity contribution in [3.8, 4) is 0 Å². The molecule has 1 saturated heterocycles. The van der Waals surface area contributed by atoms with E-state index in [0.717, 1.165) is 19.4 Å². The largest absolute Gasteiger partial charge is 0.480 e. The molecule has 17 heavy (non-hydrogen) atoms. The Hall–Kier alpha value is -1.39. The molecule has 0 saturated carbocycles. The van der Waals surface area contributed by atoms with Crippen LogP contribution in [0.25, 0.3) is 0 Å². The molecule has 1 aliphatic rings. The average Bonchev–Trinajstić information content (AvgIpc) is 2.38. The van der Waals surface area contributed by atoms with Gasteiger partial charge in [-0.2, -0.15) is 0 Å². The first-order valence-corrected chi connectivity index (χ1v) is 5.99. The molecule has 1 heterocycles. The van der Waals surface area contributed by atoms with Crippen LogP contribution in [-0.2, 0) is 4.79 Å². The van der Waals surface area contributed by atoms with Crippen molar-refractivity contribution in [1.29, 1.82) is 0 Å². The summed E-state index contributed by atoms with van der Waals surface area (Å²) in [5, 5.41) is 15.2. The zero-order valence-electron chi connectivity index (χ0n) is 9.73. The molecule has 4 nitrogen and oxygen atoms in total. The Morgan fingerprint density at radius 3 is 2.88 bits per heavy atom. The first-order valence-electron chi connectivity index (χ1n) is 5.99. The predicted molar refractivity (Wildman–Crippen MR) is 65.8 cm³/mol. The van der Waals surface area contributed by atoms with E-state index in [1.807, 2.05) is 18.2 Å². The zero-order chi connectivity index (χ0) is 12.1. The highest BCUT2D eigenvalue weighted by Crippen LogP contribution is 2.22. The third-order valence-electron chi connectivity index (χ3n) is 3.15. The summed E-state index contributed by atoms with van der Waals surface area (Å²) in [5.41, 5.74) is 1.27. The van der Waals surface area contributed by atoms with Crippen LogP contribution >= 0.6 is 0 Å². The van der Waals surface area contributed by atoms with E-state index in [-0.39, 0.29) is 12.6 Å². The lowest BCUT2D eigenvalue weighted by Gasteiger charge is -2.31. The molecule has 0 bridgehead atoms. The fourth-order valence-electron chi connectivity index (χ4n) is 2.27. The van der Waals surface area contributed by atoms with E-state index in [1.54, 1.807) is 0 Å². The Kier molecular flexibility index (Phi) is 4.12. The molecule has 4 heteroatoms. The van der Waals surface area contributed by atoms with Gasteiger partial charge in [0.2, 0.25) is 0 Å². The van der Waals surface area contributed by atoms with Gasteiger partial charge in [0.05, 0.1) is 6.54 Å². The molecule has 0 aromatic heterocycles. The molecule has 1 aromatic carbocycles. The summed E-state index contributed by atoms with van der Waals surface area (Å²) >= 11 is 0. The standard InChI is InChI=1S/C13H18N2O2/c16-13(17)9-15-11-6-7-14-12(8-11)10-4-2-1-3-5-10/h1-5,11-12,14-15H,6-9H2,(H,16,17)/t11-,12+/m1/s1. The van der Waals surface area contributed by atoms with Gasteiger partial charge in [-0.25, -0.2) is 0 Å². The number of nitrogens with one attached hydrogen (secondary N) is 2. The number of rotatable bonds is 4. The normalized spacial score (nSPS) is 24.5. The predicted octanol–water partition coefficient (Wildman–Crippen LogP) is 1.15. The molecule has 2 rings (SSSR count). The molecule has 1 fully saturated rings. The molecule has 0 unspecified atom stereocenters. The van der Waals surface area contributed by atoms with Gasteiger partial charge in [0.1, 0.15) is 0 Å². The monoisotopic (exact) mass is 234 g/mol. The minimum Gasteiger partial charge on any atom is -0.480 e. The van der Waals surface area contributed by atoms with Crippen LogP contribution in [-0.4, -0.2) is 30.2 Å². The lowest BCUT2D eigenvalue weighted by Crippen LogP contribution is -2.43. The lowest BCUT2D eigenvalue weighted by atomic mass is 9.94. The fourth-order valence-corrected chi connectivity index (χ4v) is 2.27. The van der Waals surface area contributed by atoms with Crippen molar-refractivity contribution < 1.29 is 9.90 Å². The van der Waals surface area contributed by atoms with E-state index < -0.39 is 5.97 Å². The number of carboxylic acid groups (broad SMARTS) is 1. The van der Waals surface area contributed by atoms with E-state index in [0.29, 0.717) is 6.04 Å². The van der Waals surface area contributed by atoms with Crippen LogP contribution in [0.2, 0.25) is 0 Å². The van der Waals surface area contributed by atoms with Crippen molar-refractivity contribution in [2.75, 3.05) is 13.1 Å². The van der Waals surface area contributed by atoms with Crippen LogP contribution in [0.4, 0.5) is 0 Å². The van der Waals surface area contributed by atoms with Gasteiger partial charge in [-0.1, -0.05) is 30.3 Å². The van der Waals surface area contributed by atoms with Gasteiger partial charge in [-0.05, 0) is 24.9 Å². The highest BCUT2D eigenvalue weighted by atomic mass is 16.4. The van der Waals surface area contributed by atoms with Gasteiger partial charge in [-0.15, -0.1) is 0 Å². The van der Waals surface area contributed by atoms with Crippen LogP contribution < -0.4 is 10.6 Å². The van der Waals surface area contributed by atoms with Crippen molar-refractivity contribution >= 4 is 5.97 Å². The van der Waals surface area contributed by atoms with Gasteiger partial charge in [0, 0.05) is 12.1 Å². The minimum absolute atomic E-state index is 0.0478. The first kappa shape index (κ1) is 12.1. The second-order valence-electron chi connectivity index (χ2n) is 4.41. The maximum Gasteiger partial charge on any atom is 0.317 e. The SMILES string of the molecule is O=C(O)CN[C@@H]1CCN[C@H](c2ccccc2)C1. The smallest absolute Gasteiger partial charge is 0.317 e. The van der Waals surface area contributed by atoms with Crippen LogP contribution in [0.5, 0.6) is 0 Å². The summed E-state index contributed by atoms with van der Waals surface area (Å²) in [6.45, 7) is 0.975. The van der Waals surface area contributed by atoms with Crippen LogP contribution in [0, 0.1) is 0 Å². The topological polar surface area (TPSA) is 61.4 Å². The van der Waals surface area contributed by atoms with Gasteiger partial charge >= 0.3 is 5.97 Å². The number of piperidine rings is 1. The van der Waals surface area contributed by atoms with E-state index >= 15 is 0 Å². The second kappa shape index (κ2) is 5.80. The first-order chi connectivity index (χ1) is 8.25. The summed E-state index contributed by atoms with van der Waals surface area (Å²) in [6, 6.07) is 10.9. The van der Waals surface area contributed by atoms with Crippen molar-refractivity contribution in [3.05, 3.63) is 35.9 Å². The third kappa shape index (κ3) is 3.54. The molecule has 92 valence electrons. The van der Waals surface area contributed by atoms with Gasteiger partial charge in [-0.3, -0.25) is 4.79 Å². The number of hydrogen-bond donors (Lipinski definition) is 3. The minimum atomic E-state index is -0.792. The summed E-state index contributed by atoms with van der Waals surface area (Å²) in [7, 11) is 0.